The predicted molar refractivity (Wildman–Crippen MR) is 116 cm³/mol. The molecule has 3 rings (SSSR count). The molecule has 1 atom stereocenters. The number of nitrogens with one attached hydrogen (secondary N) is 1. The summed E-state index contributed by atoms with van der Waals surface area (Å²) in [4.78, 5) is 27.6. The number of rotatable bonds is 7. The normalized spacial score (nSPS) is 15.4. The van der Waals surface area contributed by atoms with Crippen LogP contribution in [0.5, 0.6) is 0 Å². The molecule has 2 aromatic rings. The molecule has 0 heterocycles. The SMILES string of the molecule is Cc1ccc(CC(=O)N(Cc2ccccc2F)C(C)C(=O)NC2CCCCC2)cc1. The summed E-state index contributed by atoms with van der Waals surface area (Å²) in [5.41, 5.74) is 2.41. The highest BCUT2D eigenvalue weighted by molar-refractivity contribution is 5.88. The maximum Gasteiger partial charge on any atom is 0.242 e. The van der Waals surface area contributed by atoms with Crippen LogP contribution in [0.4, 0.5) is 4.39 Å². The van der Waals surface area contributed by atoms with Crippen LogP contribution in [0.3, 0.4) is 0 Å². The van der Waals surface area contributed by atoms with E-state index in [1.807, 2.05) is 31.2 Å². The number of nitrogens with zero attached hydrogens (tertiary/aromatic N) is 1. The molecule has 1 N–H and O–H groups in total. The van der Waals surface area contributed by atoms with Gasteiger partial charge >= 0.3 is 0 Å². The molecule has 1 aliphatic rings. The van der Waals surface area contributed by atoms with E-state index in [-0.39, 0.29) is 36.6 Å². The van der Waals surface area contributed by atoms with Crippen molar-refractivity contribution in [3.05, 3.63) is 71.0 Å². The minimum Gasteiger partial charge on any atom is -0.352 e. The summed E-state index contributed by atoms with van der Waals surface area (Å²) in [5, 5.41) is 3.10. The topological polar surface area (TPSA) is 49.4 Å². The van der Waals surface area contributed by atoms with Gasteiger partial charge in [-0.15, -0.1) is 0 Å². The van der Waals surface area contributed by atoms with Crippen molar-refractivity contribution in [1.82, 2.24) is 10.2 Å². The number of carbonyl (C=O) groups excluding carboxylic acids is 2. The summed E-state index contributed by atoms with van der Waals surface area (Å²) in [6.45, 7) is 3.79. The molecule has 0 aliphatic heterocycles. The molecule has 1 aliphatic carbocycles. The molecule has 0 saturated heterocycles. The van der Waals surface area contributed by atoms with Gasteiger partial charge in [0.25, 0.3) is 0 Å². The number of hydrogen-bond donors (Lipinski definition) is 1. The van der Waals surface area contributed by atoms with Crippen LogP contribution in [0.2, 0.25) is 0 Å². The summed E-state index contributed by atoms with van der Waals surface area (Å²) < 4.78 is 14.3. The van der Waals surface area contributed by atoms with Crippen molar-refractivity contribution < 1.29 is 14.0 Å². The standard InChI is InChI=1S/C25H31FN2O2/c1-18-12-14-20(15-13-18)16-24(29)28(17-21-8-6-7-11-23(21)26)19(2)25(30)27-22-9-4-3-5-10-22/h6-8,11-15,19,22H,3-5,9-10,16-17H2,1-2H3,(H,27,30). The Morgan fingerprint density at radius 3 is 2.40 bits per heavy atom. The Kier molecular flexibility index (Phi) is 7.61. The number of halogens is 1. The van der Waals surface area contributed by atoms with E-state index >= 15 is 0 Å². The third-order valence-electron chi connectivity index (χ3n) is 5.89. The van der Waals surface area contributed by atoms with Gasteiger partial charge in [-0.25, -0.2) is 4.39 Å². The fourth-order valence-electron chi connectivity index (χ4n) is 3.94. The quantitative estimate of drug-likeness (QED) is 0.728. The fraction of sp³-hybridized carbons (Fsp3) is 0.440. The lowest BCUT2D eigenvalue weighted by molar-refractivity contribution is -0.140. The second kappa shape index (κ2) is 10.4. The Morgan fingerprint density at radius 2 is 1.73 bits per heavy atom. The van der Waals surface area contributed by atoms with Crippen LogP contribution in [0.25, 0.3) is 0 Å². The Hall–Kier alpha value is -2.69. The second-order valence-electron chi connectivity index (χ2n) is 8.29. The number of aryl methyl sites for hydroxylation is 1. The molecule has 0 bridgehead atoms. The lowest BCUT2D eigenvalue weighted by atomic mass is 9.95. The van der Waals surface area contributed by atoms with Crippen LogP contribution >= 0.6 is 0 Å². The van der Waals surface area contributed by atoms with E-state index in [1.165, 1.54) is 17.4 Å². The van der Waals surface area contributed by atoms with Gasteiger partial charge in [0, 0.05) is 18.2 Å². The van der Waals surface area contributed by atoms with Gasteiger partial charge in [0.05, 0.1) is 6.42 Å². The Balaban J connectivity index is 1.76. The van der Waals surface area contributed by atoms with Crippen LogP contribution < -0.4 is 5.32 Å². The van der Waals surface area contributed by atoms with Crippen LogP contribution in [-0.2, 0) is 22.6 Å². The first-order valence-electron chi connectivity index (χ1n) is 10.8. The molecule has 0 radical (unpaired) electrons. The van der Waals surface area contributed by atoms with Crippen LogP contribution in [0.15, 0.2) is 48.5 Å². The monoisotopic (exact) mass is 410 g/mol. The van der Waals surface area contributed by atoms with E-state index < -0.39 is 6.04 Å². The minimum absolute atomic E-state index is 0.0661. The highest BCUT2D eigenvalue weighted by Crippen LogP contribution is 2.19. The van der Waals surface area contributed by atoms with Crippen LogP contribution in [0.1, 0.15) is 55.7 Å². The molecule has 1 saturated carbocycles. The summed E-state index contributed by atoms with van der Waals surface area (Å²) in [7, 11) is 0. The molecule has 1 unspecified atom stereocenters. The zero-order chi connectivity index (χ0) is 21.5. The first kappa shape index (κ1) is 22.0. The summed E-state index contributed by atoms with van der Waals surface area (Å²) in [5.74, 6) is -0.727. The lowest BCUT2D eigenvalue weighted by Gasteiger charge is -2.31. The highest BCUT2D eigenvalue weighted by atomic mass is 19.1. The van der Waals surface area contributed by atoms with E-state index in [0.29, 0.717) is 5.56 Å². The van der Waals surface area contributed by atoms with Gasteiger partial charge in [-0.1, -0.05) is 67.3 Å². The number of amides is 2. The van der Waals surface area contributed by atoms with Crippen molar-refractivity contribution in [3.8, 4) is 0 Å². The first-order chi connectivity index (χ1) is 14.4. The largest absolute Gasteiger partial charge is 0.352 e. The van der Waals surface area contributed by atoms with E-state index in [9.17, 15) is 14.0 Å². The van der Waals surface area contributed by atoms with Crippen molar-refractivity contribution >= 4 is 11.8 Å². The van der Waals surface area contributed by atoms with Gasteiger partial charge in [-0.05, 0) is 38.3 Å². The number of carbonyl (C=O) groups is 2. The van der Waals surface area contributed by atoms with Crippen LogP contribution in [-0.4, -0.2) is 28.8 Å². The number of hydrogen-bond acceptors (Lipinski definition) is 2. The Bertz CT molecular complexity index is 860. The average Bonchev–Trinajstić information content (AvgIpc) is 2.75. The van der Waals surface area contributed by atoms with Crippen molar-refractivity contribution in [2.24, 2.45) is 0 Å². The summed E-state index contributed by atoms with van der Waals surface area (Å²) in [6, 6.07) is 13.7. The van der Waals surface area contributed by atoms with E-state index in [2.05, 4.69) is 5.32 Å². The molecule has 0 aromatic heterocycles. The molecule has 160 valence electrons. The first-order valence-corrected chi connectivity index (χ1v) is 10.8. The zero-order valence-electron chi connectivity index (χ0n) is 17.9. The fourth-order valence-corrected chi connectivity index (χ4v) is 3.94. The second-order valence-corrected chi connectivity index (χ2v) is 8.29. The minimum atomic E-state index is -0.676. The molecule has 4 nitrogen and oxygen atoms in total. The third-order valence-corrected chi connectivity index (χ3v) is 5.89. The third kappa shape index (κ3) is 5.91. The van der Waals surface area contributed by atoms with Gasteiger partial charge < -0.3 is 10.2 Å². The lowest BCUT2D eigenvalue weighted by Crippen LogP contribution is -2.50. The summed E-state index contributed by atoms with van der Waals surface area (Å²) >= 11 is 0. The molecule has 2 aromatic carbocycles. The van der Waals surface area contributed by atoms with Gasteiger partial charge in [-0.2, -0.15) is 0 Å². The molecular weight excluding hydrogens is 379 g/mol. The molecular formula is C25H31FN2O2. The molecule has 2 amide bonds. The van der Waals surface area contributed by atoms with Gasteiger partial charge in [0.15, 0.2) is 0 Å². The highest BCUT2D eigenvalue weighted by Gasteiger charge is 2.28. The van der Waals surface area contributed by atoms with Crippen LogP contribution in [0, 0.1) is 12.7 Å². The number of benzene rings is 2. The van der Waals surface area contributed by atoms with Gasteiger partial charge in [0.1, 0.15) is 11.9 Å². The molecule has 1 fully saturated rings. The van der Waals surface area contributed by atoms with E-state index in [1.54, 1.807) is 25.1 Å². The van der Waals surface area contributed by atoms with Gasteiger partial charge in [-0.3, -0.25) is 9.59 Å². The summed E-state index contributed by atoms with van der Waals surface area (Å²) in [6.07, 6.45) is 5.56. The molecule has 0 spiro atoms. The van der Waals surface area contributed by atoms with Crippen molar-refractivity contribution in [2.75, 3.05) is 0 Å². The maximum absolute atomic E-state index is 14.3. The van der Waals surface area contributed by atoms with Crippen molar-refractivity contribution in [3.63, 3.8) is 0 Å². The maximum atomic E-state index is 14.3. The Morgan fingerprint density at radius 1 is 1.07 bits per heavy atom. The molecule has 30 heavy (non-hydrogen) atoms. The molecule has 5 heteroatoms. The average molecular weight is 411 g/mol. The predicted octanol–water partition coefficient (Wildman–Crippen LogP) is 4.54. The smallest absolute Gasteiger partial charge is 0.242 e. The zero-order valence-corrected chi connectivity index (χ0v) is 17.9. The van der Waals surface area contributed by atoms with Crippen molar-refractivity contribution in [2.45, 2.75) is 71.0 Å². The van der Waals surface area contributed by atoms with E-state index in [4.69, 9.17) is 0 Å². The Labute approximate surface area is 178 Å². The van der Waals surface area contributed by atoms with Crippen molar-refractivity contribution in [1.29, 1.82) is 0 Å². The van der Waals surface area contributed by atoms with Gasteiger partial charge in [0.2, 0.25) is 11.8 Å². The van der Waals surface area contributed by atoms with E-state index in [0.717, 1.165) is 36.8 Å².